The number of imidazole rings is 1. The molecule has 0 bridgehead atoms. The van der Waals surface area contributed by atoms with Crippen LogP contribution in [0, 0.1) is 0 Å². The van der Waals surface area contributed by atoms with Crippen molar-refractivity contribution in [2.24, 2.45) is 0 Å². The molecule has 11 heteroatoms. The highest BCUT2D eigenvalue weighted by molar-refractivity contribution is 6.03. The van der Waals surface area contributed by atoms with Gasteiger partial charge < -0.3 is 19.9 Å². The lowest BCUT2D eigenvalue weighted by molar-refractivity contribution is -0.193. The zero-order valence-electron chi connectivity index (χ0n) is 25.0. The summed E-state index contributed by atoms with van der Waals surface area (Å²) in [4.78, 5) is 41.1. The van der Waals surface area contributed by atoms with Crippen molar-refractivity contribution in [3.8, 4) is 11.1 Å². The Hall–Kier alpha value is -4.67. The van der Waals surface area contributed by atoms with Crippen LogP contribution in [0.1, 0.15) is 73.6 Å². The second kappa shape index (κ2) is 14.0. The van der Waals surface area contributed by atoms with Crippen molar-refractivity contribution >= 4 is 34.7 Å². The molecule has 1 aliphatic rings. The summed E-state index contributed by atoms with van der Waals surface area (Å²) in [6, 6.07) is 19.0. The summed E-state index contributed by atoms with van der Waals surface area (Å²) >= 11 is 0. The molecule has 1 fully saturated rings. The van der Waals surface area contributed by atoms with E-state index in [0.717, 1.165) is 67.4 Å². The fraction of sp³-hybridized carbons (Fsp3) is 0.353. The van der Waals surface area contributed by atoms with Crippen LogP contribution in [0.25, 0.3) is 22.2 Å². The first kappa shape index (κ1) is 31.7. The standard InChI is InChI=1S/C34H35F3N4O4/c1-2-3-13-30-40-28-20-25(39-33(44)38-24-9-5-4-6-10-24)18-19-29(28)41(30)21-22-14-16-23(17-15-22)26-11-7-8-12-27(26)31(42)45-32(43)34(35,36)37/h7-8,11-12,14-20,24H,2-6,9-10,13,21H2,1H3,(H2,38,39,44). The number of ether oxygens (including phenoxy) is 1. The number of alkyl halides is 3. The second-order valence-corrected chi connectivity index (χ2v) is 11.3. The number of benzene rings is 3. The molecule has 0 radical (unpaired) electrons. The highest BCUT2D eigenvalue weighted by Gasteiger charge is 2.42. The maximum absolute atomic E-state index is 12.6. The quantitative estimate of drug-likeness (QED) is 0.147. The highest BCUT2D eigenvalue weighted by Crippen LogP contribution is 2.28. The molecule has 236 valence electrons. The summed E-state index contributed by atoms with van der Waals surface area (Å²) in [5.41, 5.74) is 4.07. The number of carbonyl (C=O) groups excluding carboxylic acids is 3. The third-order valence-electron chi connectivity index (χ3n) is 7.95. The number of carbonyl (C=O) groups is 3. The minimum Gasteiger partial charge on any atom is -0.383 e. The van der Waals surface area contributed by atoms with Crippen molar-refractivity contribution < 1.29 is 32.3 Å². The fourth-order valence-corrected chi connectivity index (χ4v) is 5.64. The van der Waals surface area contributed by atoms with Crippen LogP contribution < -0.4 is 10.6 Å². The van der Waals surface area contributed by atoms with Gasteiger partial charge in [-0.25, -0.2) is 19.4 Å². The summed E-state index contributed by atoms with van der Waals surface area (Å²) in [6.45, 7) is 2.62. The van der Waals surface area contributed by atoms with Crippen LogP contribution >= 0.6 is 0 Å². The number of hydrogen-bond acceptors (Lipinski definition) is 5. The third kappa shape index (κ3) is 7.89. The lowest BCUT2D eigenvalue weighted by Gasteiger charge is -2.22. The van der Waals surface area contributed by atoms with Gasteiger partial charge in [-0.2, -0.15) is 13.2 Å². The van der Waals surface area contributed by atoms with Gasteiger partial charge in [-0.3, -0.25) is 0 Å². The number of urea groups is 1. The molecule has 2 N–H and O–H groups in total. The predicted molar refractivity (Wildman–Crippen MR) is 165 cm³/mol. The van der Waals surface area contributed by atoms with Crippen molar-refractivity contribution in [1.82, 2.24) is 14.9 Å². The molecule has 8 nitrogen and oxygen atoms in total. The van der Waals surface area contributed by atoms with Crippen molar-refractivity contribution in [2.45, 2.75) is 77.1 Å². The Kier molecular flexibility index (Phi) is 9.85. The van der Waals surface area contributed by atoms with Gasteiger partial charge in [-0.15, -0.1) is 0 Å². The average molecular weight is 621 g/mol. The average Bonchev–Trinajstić information content (AvgIpc) is 3.36. The number of amides is 2. The summed E-state index contributed by atoms with van der Waals surface area (Å²) in [5, 5.41) is 6.02. The SMILES string of the molecule is CCCCc1nc2cc(NC(=O)NC3CCCCC3)ccc2n1Cc1ccc(-c2ccccc2C(=O)OC(=O)C(F)(F)F)cc1. The van der Waals surface area contributed by atoms with E-state index in [1.54, 1.807) is 24.3 Å². The van der Waals surface area contributed by atoms with E-state index in [1.807, 2.05) is 30.3 Å². The number of rotatable bonds is 9. The van der Waals surface area contributed by atoms with E-state index < -0.39 is 18.1 Å². The number of nitrogens with zero attached hydrogens (tertiary/aromatic N) is 2. The Morgan fingerprint density at radius 2 is 1.71 bits per heavy atom. The number of halogens is 3. The Morgan fingerprint density at radius 1 is 0.978 bits per heavy atom. The van der Waals surface area contributed by atoms with Crippen molar-refractivity contribution in [1.29, 1.82) is 0 Å². The molecule has 4 aromatic rings. The molecule has 0 unspecified atom stereocenters. The zero-order chi connectivity index (χ0) is 32.0. The fourth-order valence-electron chi connectivity index (χ4n) is 5.64. The Labute approximate surface area is 259 Å². The van der Waals surface area contributed by atoms with Crippen molar-refractivity contribution in [3.63, 3.8) is 0 Å². The van der Waals surface area contributed by atoms with Crippen LogP contribution in [0.3, 0.4) is 0 Å². The number of fused-ring (bicyclic) bond motifs is 1. The largest absolute Gasteiger partial charge is 0.491 e. The summed E-state index contributed by atoms with van der Waals surface area (Å²) in [5.74, 6) is -3.01. The van der Waals surface area contributed by atoms with Crippen LogP contribution in [0.2, 0.25) is 0 Å². The van der Waals surface area contributed by atoms with E-state index in [9.17, 15) is 27.6 Å². The topological polar surface area (TPSA) is 102 Å². The van der Waals surface area contributed by atoms with Crippen molar-refractivity contribution in [3.05, 3.63) is 83.7 Å². The van der Waals surface area contributed by atoms with Crippen LogP contribution in [0.5, 0.6) is 0 Å². The second-order valence-electron chi connectivity index (χ2n) is 11.3. The Morgan fingerprint density at radius 3 is 2.42 bits per heavy atom. The van der Waals surface area contributed by atoms with Gasteiger partial charge in [0.05, 0.1) is 16.6 Å². The minimum absolute atomic E-state index is 0.151. The molecule has 1 aromatic heterocycles. The normalized spacial score (nSPS) is 13.9. The van der Waals surface area contributed by atoms with E-state index >= 15 is 0 Å². The van der Waals surface area contributed by atoms with Gasteiger partial charge in [0.1, 0.15) is 5.82 Å². The first-order chi connectivity index (χ1) is 21.6. The molecule has 5 rings (SSSR count). The number of anilines is 1. The number of unbranched alkanes of at least 4 members (excludes halogenated alkanes) is 1. The lowest BCUT2D eigenvalue weighted by Crippen LogP contribution is -2.38. The Bertz CT molecular complexity index is 1680. The molecule has 0 aliphatic heterocycles. The molecule has 0 spiro atoms. The van der Waals surface area contributed by atoms with Crippen LogP contribution in [0.15, 0.2) is 66.7 Å². The molecule has 0 saturated heterocycles. The number of aromatic nitrogens is 2. The summed E-state index contributed by atoms with van der Waals surface area (Å²) in [7, 11) is 0. The van der Waals surface area contributed by atoms with Gasteiger partial charge in [0.25, 0.3) is 0 Å². The molecule has 1 heterocycles. The smallest absolute Gasteiger partial charge is 0.383 e. The molecular formula is C34H35F3N4O4. The van der Waals surface area contributed by atoms with Gasteiger partial charge in [0.15, 0.2) is 0 Å². The van der Waals surface area contributed by atoms with Crippen molar-refractivity contribution in [2.75, 3.05) is 5.32 Å². The van der Waals surface area contributed by atoms with Gasteiger partial charge in [0, 0.05) is 24.7 Å². The molecular weight excluding hydrogens is 585 g/mol. The van der Waals surface area contributed by atoms with Crippen LogP contribution in [-0.4, -0.2) is 39.7 Å². The van der Waals surface area contributed by atoms with Gasteiger partial charge in [0.2, 0.25) is 0 Å². The molecule has 45 heavy (non-hydrogen) atoms. The van der Waals surface area contributed by atoms with E-state index in [-0.39, 0.29) is 17.6 Å². The molecule has 3 aromatic carbocycles. The minimum atomic E-state index is -5.28. The molecule has 1 saturated carbocycles. The van der Waals surface area contributed by atoms with E-state index in [1.165, 1.54) is 18.6 Å². The maximum atomic E-state index is 12.6. The lowest BCUT2D eigenvalue weighted by atomic mass is 9.96. The van der Waals surface area contributed by atoms with Gasteiger partial charge in [-0.1, -0.05) is 75.1 Å². The van der Waals surface area contributed by atoms with Gasteiger partial charge >= 0.3 is 24.1 Å². The van der Waals surface area contributed by atoms with Crippen LogP contribution in [0.4, 0.5) is 23.7 Å². The van der Waals surface area contributed by atoms with Crippen LogP contribution in [-0.2, 0) is 22.5 Å². The monoisotopic (exact) mass is 620 g/mol. The first-order valence-corrected chi connectivity index (χ1v) is 15.2. The number of hydrogen-bond donors (Lipinski definition) is 2. The first-order valence-electron chi connectivity index (χ1n) is 15.2. The highest BCUT2D eigenvalue weighted by atomic mass is 19.4. The third-order valence-corrected chi connectivity index (χ3v) is 7.95. The molecule has 0 atom stereocenters. The summed E-state index contributed by atoms with van der Waals surface area (Å²) in [6.07, 6.45) is 2.94. The maximum Gasteiger partial charge on any atom is 0.491 e. The van der Waals surface area contributed by atoms with Gasteiger partial charge in [-0.05, 0) is 60.2 Å². The molecule has 1 aliphatic carbocycles. The number of nitrogens with one attached hydrogen (secondary N) is 2. The Balaban J connectivity index is 1.34. The number of esters is 2. The summed E-state index contributed by atoms with van der Waals surface area (Å²) < 4.78 is 44.1. The van der Waals surface area contributed by atoms with E-state index in [0.29, 0.717) is 23.4 Å². The zero-order valence-corrected chi connectivity index (χ0v) is 25.0. The predicted octanol–water partition coefficient (Wildman–Crippen LogP) is 7.79. The van der Waals surface area contributed by atoms with E-state index in [4.69, 9.17) is 4.98 Å². The van der Waals surface area contributed by atoms with E-state index in [2.05, 4.69) is 26.9 Å². The molecule has 2 amide bonds. The number of aryl methyl sites for hydroxylation is 1.